The summed E-state index contributed by atoms with van der Waals surface area (Å²) in [6.45, 7) is 0. The van der Waals surface area contributed by atoms with Gasteiger partial charge in [0.25, 0.3) is 5.69 Å². The molecule has 1 N–H and O–H groups in total. The highest BCUT2D eigenvalue weighted by molar-refractivity contribution is 5.70. The van der Waals surface area contributed by atoms with Crippen molar-refractivity contribution in [3.8, 4) is 0 Å². The maximum atomic E-state index is 12.3. The number of urea groups is 1. The van der Waals surface area contributed by atoms with Crippen LogP contribution in [0.15, 0.2) is 29.4 Å². The van der Waals surface area contributed by atoms with E-state index in [2.05, 4.69) is 10.4 Å². The molecule has 2 saturated carbocycles. The number of nitro groups is 1. The van der Waals surface area contributed by atoms with Crippen molar-refractivity contribution in [2.24, 2.45) is 17.0 Å². The SMILES string of the molecule is O=C1NC(C2CC2)(C2CC2)N=[N+]1c1ccc([N+](=O)[O-])cc1. The zero-order valence-electron chi connectivity index (χ0n) is 11.4. The molecule has 0 radical (unpaired) electrons. The number of rotatable bonds is 4. The molecule has 2 amide bonds. The summed E-state index contributed by atoms with van der Waals surface area (Å²) in [5, 5.41) is 18.4. The highest BCUT2D eigenvalue weighted by atomic mass is 16.6. The molecule has 1 aromatic rings. The van der Waals surface area contributed by atoms with Gasteiger partial charge in [-0.1, -0.05) is 9.81 Å². The number of carbonyl (C=O) groups is 1. The standard InChI is InChI=1S/C14H14N4O3/c19-13-15-14(9-1-2-9,10-3-4-10)16-17(13)11-5-7-12(8-6-11)18(20)21/h5-10H,1-4H2/p+1. The van der Waals surface area contributed by atoms with Gasteiger partial charge in [-0.25, -0.2) is 5.32 Å². The number of azo groups is 2. The second kappa shape index (κ2) is 4.09. The molecule has 1 aromatic carbocycles. The molecule has 0 spiro atoms. The predicted molar refractivity (Wildman–Crippen MR) is 72.2 cm³/mol. The molecule has 0 bridgehead atoms. The minimum atomic E-state index is -0.455. The van der Waals surface area contributed by atoms with Crippen molar-refractivity contribution in [2.45, 2.75) is 31.3 Å². The number of hydrogen-bond donors (Lipinski definition) is 1. The molecule has 108 valence electrons. The lowest BCUT2D eigenvalue weighted by atomic mass is 10.00. The Labute approximate surface area is 120 Å². The third kappa shape index (κ3) is 1.91. The van der Waals surface area contributed by atoms with E-state index in [-0.39, 0.29) is 11.7 Å². The molecule has 3 aliphatic rings. The number of nitrogens with zero attached hydrogens (tertiary/aromatic N) is 3. The molecule has 0 aromatic heterocycles. The first-order chi connectivity index (χ1) is 10.1. The molecule has 0 atom stereocenters. The fourth-order valence-corrected chi connectivity index (χ4v) is 3.10. The second-order valence-corrected chi connectivity index (χ2v) is 5.99. The van der Waals surface area contributed by atoms with Crippen LogP contribution in [0.5, 0.6) is 0 Å². The Morgan fingerprint density at radius 3 is 2.24 bits per heavy atom. The van der Waals surface area contributed by atoms with E-state index < -0.39 is 10.6 Å². The zero-order chi connectivity index (χ0) is 14.6. The smallest absolute Gasteiger partial charge is 0.258 e. The van der Waals surface area contributed by atoms with Crippen LogP contribution in [0, 0.1) is 22.0 Å². The minimum absolute atomic E-state index is 0.00834. The third-order valence-corrected chi connectivity index (χ3v) is 4.47. The van der Waals surface area contributed by atoms with Crippen LogP contribution >= 0.6 is 0 Å². The number of nitro benzene ring substituents is 1. The number of non-ortho nitro benzene ring substituents is 1. The molecule has 2 aliphatic carbocycles. The Morgan fingerprint density at radius 2 is 1.76 bits per heavy atom. The molecular formula is C14H15N4O3+. The van der Waals surface area contributed by atoms with Gasteiger partial charge < -0.3 is 0 Å². The lowest BCUT2D eigenvalue weighted by molar-refractivity contribution is -0.405. The monoisotopic (exact) mass is 287 g/mol. The van der Waals surface area contributed by atoms with Crippen molar-refractivity contribution in [3.63, 3.8) is 0 Å². The topological polar surface area (TPSA) is 87.6 Å². The van der Waals surface area contributed by atoms with Crippen molar-refractivity contribution in [3.05, 3.63) is 34.4 Å². The first-order valence-corrected chi connectivity index (χ1v) is 7.20. The summed E-state index contributed by atoms with van der Waals surface area (Å²) in [4.78, 5) is 22.5. The molecule has 0 saturated heterocycles. The van der Waals surface area contributed by atoms with E-state index in [0.717, 1.165) is 25.7 Å². The molecule has 1 aliphatic heterocycles. The van der Waals surface area contributed by atoms with E-state index in [1.165, 1.54) is 16.8 Å². The highest BCUT2D eigenvalue weighted by Crippen LogP contribution is 2.54. The molecule has 1 heterocycles. The van der Waals surface area contributed by atoms with Crippen molar-refractivity contribution < 1.29 is 14.4 Å². The van der Waals surface area contributed by atoms with Gasteiger partial charge in [-0.2, -0.15) is 4.79 Å². The largest absolute Gasteiger partial charge is 0.519 e. The Balaban J connectivity index is 1.70. The molecule has 21 heavy (non-hydrogen) atoms. The summed E-state index contributed by atoms with van der Waals surface area (Å²) in [6, 6.07) is 5.69. The number of nitrogens with one attached hydrogen (secondary N) is 1. The summed E-state index contributed by atoms with van der Waals surface area (Å²) in [5.41, 5.74) is 0.147. The van der Waals surface area contributed by atoms with Crippen LogP contribution in [0.1, 0.15) is 25.7 Å². The number of hydrogen-bond acceptors (Lipinski definition) is 4. The summed E-state index contributed by atoms with van der Waals surface area (Å²) >= 11 is 0. The fourth-order valence-electron chi connectivity index (χ4n) is 3.10. The summed E-state index contributed by atoms with van der Waals surface area (Å²) in [5.74, 6) is 0.883. The van der Waals surface area contributed by atoms with Gasteiger partial charge in [-0.15, -0.1) is 0 Å². The maximum absolute atomic E-state index is 12.3. The highest BCUT2D eigenvalue weighted by Gasteiger charge is 2.64. The Morgan fingerprint density at radius 1 is 1.19 bits per heavy atom. The van der Waals surface area contributed by atoms with Gasteiger partial charge in [0, 0.05) is 24.0 Å². The van der Waals surface area contributed by atoms with Crippen LogP contribution in [-0.4, -0.2) is 21.3 Å². The van der Waals surface area contributed by atoms with E-state index in [1.807, 2.05) is 0 Å². The number of benzene rings is 1. The summed E-state index contributed by atoms with van der Waals surface area (Å²) in [7, 11) is 0. The first kappa shape index (κ1) is 12.4. The van der Waals surface area contributed by atoms with E-state index in [0.29, 0.717) is 17.5 Å². The van der Waals surface area contributed by atoms with E-state index in [4.69, 9.17) is 0 Å². The molecular weight excluding hydrogens is 272 g/mol. The lowest BCUT2D eigenvalue weighted by Crippen LogP contribution is -2.46. The number of carbonyl (C=O) groups excluding carboxylic acids is 1. The predicted octanol–water partition coefficient (Wildman–Crippen LogP) is 2.93. The van der Waals surface area contributed by atoms with E-state index >= 15 is 0 Å². The summed E-state index contributed by atoms with van der Waals surface area (Å²) in [6.07, 6.45) is 4.42. The van der Waals surface area contributed by atoms with Gasteiger partial charge in [0.15, 0.2) is 5.69 Å². The minimum Gasteiger partial charge on any atom is -0.258 e. The molecule has 4 rings (SSSR count). The van der Waals surface area contributed by atoms with Crippen LogP contribution in [0.4, 0.5) is 16.2 Å². The van der Waals surface area contributed by atoms with Gasteiger partial charge in [-0.3, -0.25) is 10.1 Å². The molecule has 7 heteroatoms. The summed E-state index contributed by atoms with van der Waals surface area (Å²) < 4.78 is 1.36. The van der Waals surface area contributed by atoms with E-state index in [1.54, 1.807) is 12.1 Å². The van der Waals surface area contributed by atoms with Crippen LogP contribution in [0.25, 0.3) is 0 Å². The molecule has 7 nitrogen and oxygen atoms in total. The van der Waals surface area contributed by atoms with Gasteiger partial charge in [0.2, 0.25) is 5.66 Å². The van der Waals surface area contributed by atoms with Crippen molar-refractivity contribution in [1.29, 1.82) is 0 Å². The Hall–Kier alpha value is -2.31. The van der Waals surface area contributed by atoms with Crippen LogP contribution in [0.2, 0.25) is 0 Å². The van der Waals surface area contributed by atoms with Gasteiger partial charge in [-0.05, 0) is 37.8 Å². The van der Waals surface area contributed by atoms with Crippen molar-refractivity contribution in [2.75, 3.05) is 0 Å². The van der Waals surface area contributed by atoms with Crippen molar-refractivity contribution >= 4 is 17.4 Å². The number of amides is 2. The normalized spacial score (nSPS) is 23.6. The third-order valence-electron chi connectivity index (χ3n) is 4.47. The molecule has 0 unspecified atom stereocenters. The van der Waals surface area contributed by atoms with Gasteiger partial charge in [0.05, 0.1) is 4.92 Å². The second-order valence-electron chi connectivity index (χ2n) is 5.99. The Bertz CT molecular complexity index is 647. The van der Waals surface area contributed by atoms with Crippen LogP contribution in [-0.2, 0) is 0 Å². The first-order valence-electron chi connectivity index (χ1n) is 7.20. The van der Waals surface area contributed by atoms with Crippen LogP contribution < -0.4 is 5.32 Å². The van der Waals surface area contributed by atoms with Gasteiger partial charge in [0.1, 0.15) is 0 Å². The Kier molecular flexibility index (Phi) is 2.42. The quantitative estimate of drug-likeness (QED) is 0.524. The van der Waals surface area contributed by atoms with Crippen molar-refractivity contribution in [1.82, 2.24) is 5.32 Å². The molecule has 2 fully saturated rings. The lowest BCUT2D eigenvalue weighted by Gasteiger charge is -2.17. The zero-order valence-corrected chi connectivity index (χ0v) is 11.4. The van der Waals surface area contributed by atoms with Gasteiger partial charge >= 0.3 is 6.03 Å². The fraction of sp³-hybridized carbons (Fsp3) is 0.500. The maximum Gasteiger partial charge on any atom is 0.519 e. The van der Waals surface area contributed by atoms with E-state index in [9.17, 15) is 14.9 Å². The average Bonchev–Trinajstić information content (AvgIpc) is 3.37. The van der Waals surface area contributed by atoms with Crippen LogP contribution in [0.3, 0.4) is 0 Å². The average molecular weight is 287 g/mol.